The molecule has 0 spiro atoms. The first-order valence-electron chi connectivity index (χ1n) is 4.56. The quantitative estimate of drug-likeness (QED) is 0.510. The van der Waals surface area contributed by atoms with Gasteiger partial charge in [0.05, 0.1) is 6.54 Å². The van der Waals surface area contributed by atoms with Crippen LogP contribution < -0.4 is 10.6 Å². The van der Waals surface area contributed by atoms with Gasteiger partial charge in [-0.15, -0.1) is 0 Å². The number of hydrogen-bond acceptors (Lipinski definition) is 3. The van der Waals surface area contributed by atoms with Crippen LogP contribution in [-0.4, -0.2) is 48.9 Å². The van der Waals surface area contributed by atoms with Crippen molar-refractivity contribution in [2.24, 2.45) is 0 Å². The van der Waals surface area contributed by atoms with Crippen molar-refractivity contribution in [1.82, 2.24) is 15.5 Å². The zero-order chi connectivity index (χ0) is 9.26. The summed E-state index contributed by atoms with van der Waals surface area (Å²) in [5, 5.41) is 5.58. The highest BCUT2D eigenvalue weighted by Gasteiger charge is 2.30. The Labute approximate surface area is 76.5 Å². The molecule has 2 rings (SSSR count). The molecule has 0 aliphatic carbocycles. The molecule has 5 nitrogen and oxygen atoms in total. The molecule has 0 saturated carbocycles. The summed E-state index contributed by atoms with van der Waals surface area (Å²) in [6.07, 6.45) is 1.10. The fraction of sp³-hybridized carbons (Fsp3) is 0.750. The van der Waals surface area contributed by atoms with E-state index in [0.29, 0.717) is 6.54 Å². The number of hydrogen-bond donors (Lipinski definition) is 2. The molecule has 2 saturated heterocycles. The minimum atomic E-state index is -0.210. The third-order valence-electron chi connectivity index (χ3n) is 2.48. The van der Waals surface area contributed by atoms with Crippen molar-refractivity contribution in [1.29, 1.82) is 0 Å². The van der Waals surface area contributed by atoms with Crippen LogP contribution in [0.3, 0.4) is 0 Å². The van der Waals surface area contributed by atoms with Gasteiger partial charge in [0.2, 0.25) is 11.8 Å². The lowest BCUT2D eigenvalue weighted by Crippen LogP contribution is -2.60. The van der Waals surface area contributed by atoms with Crippen LogP contribution in [-0.2, 0) is 9.59 Å². The van der Waals surface area contributed by atoms with E-state index in [1.54, 1.807) is 0 Å². The maximum Gasteiger partial charge on any atom is 0.241 e. The topological polar surface area (TPSA) is 61.4 Å². The van der Waals surface area contributed by atoms with E-state index >= 15 is 0 Å². The zero-order valence-electron chi connectivity index (χ0n) is 7.38. The van der Waals surface area contributed by atoms with Crippen LogP contribution in [0, 0.1) is 0 Å². The predicted octanol–water partition coefficient (Wildman–Crippen LogP) is -1.69. The molecule has 2 aliphatic rings. The van der Waals surface area contributed by atoms with Crippen molar-refractivity contribution in [3.63, 3.8) is 0 Å². The molecule has 13 heavy (non-hydrogen) atoms. The highest BCUT2D eigenvalue weighted by atomic mass is 16.2. The van der Waals surface area contributed by atoms with Crippen molar-refractivity contribution in [2.45, 2.75) is 12.5 Å². The van der Waals surface area contributed by atoms with Crippen molar-refractivity contribution < 1.29 is 9.59 Å². The second-order valence-corrected chi connectivity index (χ2v) is 3.42. The van der Waals surface area contributed by atoms with Gasteiger partial charge in [-0.05, 0) is 6.42 Å². The first-order chi connectivity index (χ1) is 6.27. The summed E-state index contributed by atoms with van der Waals surface area (Å²) < 4.78 is 0. The van der Waals surface area contributed by atoms with Crippen LogP contribution >= 0.6 is 0 Å². The van der Waals surface area contributed by atoms with Crippen LogP contribution in [0.4, 0.5) is 0 Å². The Morgan fingerprint density at radius 1 is 1.46 bits per heavy atom. The largest absolute Gasteiger partial charge is 0.353 e. The highest BCUT2D eigenvalue weighted by molar-refractivity contribution is 5.87. The van der Waals surface area contributed by atoms with Crippen LogP contribution in [0.25, 0.3) is 0 Å². The van der Waals surface area contributed by atoms with Gasteiger partial charge in [0, 0.05) is 19.6 Å². The van der Waals surface area contributed by atoms with E-state index in [0.717, 1.165) is 19.5 Å². The normalized spacial score (nSPS) is 27.8. The molecule has 2 heterocycles. The van der Waals surface area contributed by atoms with Crippen LogP contribution in [0.1, 0.15) is 6.42 Å². The average Bonchev–Trinajstić information content (AvgIpc) is 2.02. The lowest BCUT2D eigenvalue weighted by Gasteiger charge is -2.35. The molecular weight excluding hydrogens is 170 g/mol. The molecular formula is C8H13N3O2. The number of carbonyl (C=O) groups is 2. The van der Waals surface area contributed by atoms with Gasteiger partial charge < -0.3 is 10.2 Å². The first kappa shape index (κ1) is 8.50. The summed E-state index contributed by atoms with van der Waals surface area (Å²) >= 11 is 0. The van der Waals surface area contributed by atoms with E-state index in [-0.39, 0.29) is 24.4 Å². The van der Waals surface area contributed by atoms with Crippen LogP contribution in [0.2, 0.25) is 0 Å². The van der Waals surface area contributed by atoms with Gasteiger partial charge in [0.25, 0.3) is 0 Å². The number of rotatable bonds is 1. The van der Waals surface area contributed by atoms with Gasteiger partial charge in [-0.2, -0.15) is 0 Å². The number of carbonyl (C=O) groups excluding carboxylic acids is 2. The monoisotopic (exact) mass is 183 g/mol. The number of nitrogens with zero attached hydrogens (tertiary/aromatic N) is 1. The Morgan fingerprint density at radius 3 is 2.69 bits per heavy atom. The third-order valence-corrected chi connectivity index (χ3v) is 2.48. The first-order valence-corrected chi connectivity index (χ1v) is 4.56. The summed E-state index contributed by atoms with van der Waals surface area (Å²) in [5.74, 6) is 0.0823. The Morgan fingerprint density at radius 2 is 2.23 bits per heavy atom. The molecule has 72 valence electrons. The molecule has 5 heteroatoms. The second-order valence-electron chi connectivity index (χ2n) is 3.42. The van der Waals surface area contributed by atoms with Crippen LogP contribution in [0.5, 0.6) is 0 Å². The smallest absolute Gasteiger partial charge is 0.241 e. The Balaban J connectivity index is 1.86. The molecule has 1 atom stereocenters. The lowest BCUT2D eigenvalue weighted by molar-refractivity contribution is -0.138. The zero-order valence-corrected chi connectivity index (χ0v) is 7.38. The summed E-state index contributed by atoms with van der Waals surface area (Å²) in [6.45, 7) is 2.41. The fourth-order valence-electron chi connectivity index (χ4n) is 1.50. The maximum absolute atomic E-state index is 11.6. The van der Waals surface area contributed by atoms with Gasteiger partial charge >= 0.3 is 0 Å². The second kappa shape index (κ2) is 3.33. The number of amides is 2. The Kier molecular flexibility index (Phi) is 2.18. The van der Waals surface area contributed by atoms with Gasteiger partial charge in [0.1, 0.15) is 6.04 Å². The van der Waals surface area contributed by atoms with Crippen molar-refractivity contribution in [2.75, 3.05) is 26.2 Å². The van der Waals surface area contributed by atoms with Crippen molar-refractivity contribution >= 4 is 11.8 Å². The Bertz CT molecular complexity index is 228. The number of piperazine rings is 1. The minimum Gasteiger partial charge on any atom is -0.353 e. The predicted molar refractivity (Wildman–Crippen MR) is 46.0 cm³/mol. The van der Waals surface area contributed by atoms with Crippen LogP contribution in [0.15, 0.2) is 0 Å². The maximum atomic E-state index is 11.6. The summed E-state index contributed by atoms with van der Waals surface area (Å²) in [7, 11) is 0. The molecule has 0 aromatic carbocycles. The van der Waals surface area contributed by atoms with E-state index in [4.69, 9.17) is 0 Å². The molecule has 0 bridgehead atoms. The van der Waals surface area contributed by atoms with Gasteiger partial charge in [0.15, 0.2) is 0 Å². The van der Waals surface area contributed by atoms with E-state index in [1.807, 2.05) is 4.90 Å². The summed E-state index contributed by atoms with van der Waals surface area (Å²) in [4.78, 5) is 24.2. The molecule has 0 radical (unpaired) electrons. The lowest BCUT2D eigenvalue weighted by atomic mass is 10.1. The highest BCUT2D eigenvalue weighted by Crippen LogP contribution is 2.08. The van der Waals surface area contributed by atoms with E-state index in [9.17, 15) is 9.59 Å². The van der Waals surface area contributed by atoms with E-state index in [1.165, 1.54) is 0 Å². The average molecular weight is 183 g/mol. The molecule has 2 aliphatic heterocycles. The summed E-state index contributed by atoms with van der Waals surface area (Å²) in [6, 6.07) is -0.210. The third kappa shape index (κ3) is 1.65. The molecule has 1 unspecified atom stereocenters. The molecule has 2 N–H and O–H groups in total. The number of nitrogens with one attached hydrogen (secondary N) is 2. The molecule has 2 fully saturated rings. The number of likely N-dealkylation sites (tertiary alicyclic amines) is 1. The standard InChI is InChI=1S/C8H13N3O2/c12-7-5-9-6(4-10-7)8(13)11-2-1-3-11/h6,9H,1-5H2,(H,10,12). The fourth-order valence-corrected chi connectivity index (χ4v) is 1.50. The summed E-state index contributed by atoms with van der Waals surface area (Å²) in [5.41, 5.74) is 0. The van der Waals surface area contributed by atoms with Gasteiger partial charge in [-0.25, -0.2) is 0 Å². The molecule has 0 aromatic rings. The van der Waals surface area contributed by atoms with Crippen molar-refractivity contribution in [3.8, 4) is 0 Å². The van der Waals surface area contributed by atoms with E-state index < -0.39 is 0 Å². The molecule has 0 aromatic heterocycles. The SMILES string of the molecule is O=C1CNC(C(=O)N2CCC2)CN1. The Hall–Kier alpha value is -1.10. The van der Waals surface area contributed by atoms with Crippen molar-refractivity contribution in [3.05, 3.63) is 0 Å². The van der Waals surface area contributed by atoms with Gasteiger partial charge in [-0.3, -0.25) is 14.9 Å². The van der Waals surface area contributed by atoms with E-state index in [2.05, 4.69) is 10.6 Å². The molecule has 2 amide bonds. The van der Waals surface area contributed by atoms with Gasteiger partial charge in [-0.1, -0.05) is 0 Å². The minimum absolute atomic E-state index is 0.0346.